The molecule has 9 heteroatoms. The van der Waals surface area contributed by atoms with Crippen LogP contribution in [-0.2, 0) is 4.79 Å². The number of anilines is 3. The van der Waals surface area contributed by atoms with Crippen LogP contribution in [0.1, 0.15) is 19.8 Å². The fourth-order valence-electron chi connectivity index (χ4n) is 4.46. The minimum Gasteiger partial charge on any atom is -0.397 e. The molecule has 3 heterocycles. The van der Waals surface area contributed by atoms with E-state index in [0.717, 1.165) is 49.3 Å². The number of hydrogen-bond acceptors (Lipinski definition) is 6. The van der Waals surface area contributed by atoms with E-state index in [4.69, 9.17) is 5.73 Å². The molecule has 0 unspecified atom stereocenters. The Kier molecular flexibility index (Phi) is 5.70. The number of carbonyl (C=O) groups excluding carboxylic acids is 1. The van der Waals surface area contributed by atoms with Crippen LogP contribution in [0, 0.1) is 0 Å². The van der Waals surface area contributed by atoms with E-state index in [1.165, 1.54) is 0 Å². The van der Waals surface area contributed by atoms with Gasteiger partial charge in [-0.15, -0.1) is 0 Å². The van der Waals surface area contributed by atoms with Crippen LogP contribution < -0.4 is 21.5 Å². The summed E-state index contributed by atoms with van der Waals surface area (Å²) in [5.74, 6) is 0.366. The average molecular weight is 460 g/mol. The molecule has 0 saturated carbocycles. The van der Waals surface area contributed by atoms with Crippen molar-refractivity contribution in [2.75, 3.05) is 49.2 Å². The molecular formula is C25H29N7O2. The first-order chi connectivity index (χ1) is 16.4. The Morgan fingerprint density at radius 3 is 2.65 bits per heavy atom. The van der Waals surface area contributed by atoms with E-state index in [2.05, 4.69) is 49.2 Å². The molecule has 176 valence electrons. The number of benzene rings is 2. The molecule has 0 aliphatic carbocycles. The molecule has 1 amide bonds. The van der Waals surface area contributed by atoms with Gasteiger partial charge in [-0.25, -0.2) is 4.98 Å². The molecule has 4 aromatic rings. The largest absolute Gasteiger partial charge is 0.397 e. The lowest BCUT2D eigenvalue weighted by molar-refractivity contribution is -0.116. The predicted molar refractivity (Wildman–Crippen MR) is 137 cm³/mol. The molecule has 1 fully saturated rings. The Morgan fingerprint density at radius 2 is 1.88 bits per heavy atom. The molecular weight excluding hydrogens is 430 g/mol. The zero-order chi connectivity index (χ0) is 23.8. The smallest absolute Gasteiger partial charge is 0.261 e. The summed E-state index contributed by atoms with van der Waals surface area (Å²) in [6, 6.07) is 11.4. The molecule has 9 nitrogen and oxygen atoms in total. The first-order valence-electron chi connectivity index (χ1n) is 11.6. The van der Waals surface area contributed by atoms with E-state index in [1.54, 1.807) is 18.2 Å². The molecule has 2 aromatic heterocycles. The Morgan fingerprint density at radius 1 is 1.09 bits per heavy atom. The lowest BCUT2D eigenvalue weighted by Crippen LogP contribution is -2.44. The minimum absolute atomic E-state index is 0.0569. The van der Waals surface area contributed by atoms with Gasteiger partial charge >= 0.3 is 0 Å². The van der Waals surface area contributed by atoms with E-state index >= 15 is 0 Å². The van der Waals surface area contributed by atoms with Gasteiger partial charge in [-0.1, -0.05) is 6.92 Å². The summed E-state index contributed by atoms with van der Waals surface area (Å²) >= 11 is 0. The fourth-order valence-corrected chi connectivity index (χ4v) is 4.46. The van der Waals surface area contributed by atoms with Gasteiger partial charge in [0, 0.05) is 49.4 Å². The maximum atomic E-state index is 12.9. The highest BCUT2D eigenvalue weighted by Gasteiger charge is 2.18. The quantitative estimate of drug-likeness (QED) is 0.364. The molecule has 0 atom stereocenters. The van der Waals surface area contributed by atoms with E-state index in [1.807, 2.05) is 13.0 Å². The van der Waals surface area contributed by atoms with Crippen molar-refractivity contribution in [1.82, 2.24) is 19.9 Å². The zero-order valence-electron chi connectivity index (χ0n) is 19.4. The molecule has 5 N–H and O–H groups in total. The summed E-state index contributed by atoms with van der Waals surface area (Å²) in [6.07, 6.45) is 1.21. The lowest BCUT2D eigenvalue weighted by Gasteiger charge is -2.34. The standard InChI is InChI=1S/C25H29N7O2/c1-3-4-21(33)27-15-5-7-18-17(13-15)23(26)22(25(34)30-18)24-28-19-8-6-16(14-20(19)29-24)32-11-9-31(2)10-12-32/h5-8,13-14H,3-4,9-12H2,1-2H3,(H,27,33)(H,28,29)(H3,26,30,34). The highest BCUT2D eigenvalue weighted by atomic mass is 16.1. The van der Waals surface area contributed by atoms with Gasteiger partial charge in [0.05, 0.1) is 22.2 Å². The second kappa shape index (κ2) is 8.83. The number of nitrogens with one attached hydrogen (secondary N) is 3. The maximum Gasteiger partial charge on any atom is 0.261 e. The number of carbonyl (C=O) groups is 1. The maximum absolute atomic E-state index is 12.9. The van der Waals surface area contributed by atoms with Crippen LogP contribution in [0.4, 0.5) is 17.1 Å². The highest BCUT2D eigenvalue weighted by Crippen LogP contribution is 2.31. The third-order valence-electron chi connectivity index (χ3n) is 6.39. The van der Waals surface area contributed by atoms with Crippen molar-refractivity contribution in [3.05, 3.63) is 46.8 Å². The number of nitrogens with zero attached hydrogens (tertiary/aromatic N) is 3. The number of pyridine rings is 1. The number of aromatic amines is 2. The normalized spacial score (nSPS) is 14.7. The number of aromatic nitrogens is 3. The molecule has 34 heavy (non-hydrogen) atoms. The van der Waals surface area contributed by atoms with Gasteiger partial charge in [-0.3, -0.25) is 9.59 Å². The molecule has 0 bridgehead atoms. The van der Waals surface area contributed by atoms with Crippen molar-refractivity contribution in [2.45, 2.75) is 19.8 Å². The number of imidazole rings is 1. The monoisotopic (exact) mass is 459 g/mol. The van der Waals surface area contributed by atoms with Crippen LogP contribution in [0.25, 0.3) is 33.3 Å². The third kappa shape index (κ3) is 4.10. The topological polar surface area (TPSA) is 123 Å². The number of hydrogen-bond donors (Lipinski definition) is 4. The molecule has 0 radical (unpaired) electrons. The molecule has 0 spiro atoms. The second-order valence-electron chi connectivity index (χ2n) is 8.88. The summed E-state index contributed by atoms with van der Waals surface area (Å²) < 4.78 is 0. The Bertz CT molecular complexity index is 1430. The van der Waals surface area contributed by atoms with Crippen LogP contribution in [-0.4, -0.2) is 59.0 Å². The Labute approximate surface area is 197 Å². The highest BCUT2D eigenvalue weighted by molar-refractivity contribution is 6.01. The Hall–Kier alpha value is -3.85. The first-order valence-corrected chi connectivity index (χ1v) is 11.6. The number of piperazine rings is 1. The molecule has 1 saturated heterocycles. The van der Waals surface area contributed by atoms with Crippen LogP contribution in [0.5, 0.6) is 0 Å². The van der Waals surface area contributed by atoms with E-state index < -0.39 is 0 Å². The first kappa shape index (κ1) is 22.0. The summed E-state index contributed by atoms with van der Waals surface area (Å²) in [7, 11) is 2.13. The van der Waals surface area contributed by atoms with Crippen LogP contribution in [0.15, 0.2) is 41.2 Å². The summed E-state index contributed by atoms with van der Waals surface area (Å²) in [5.41, 5.74) is 10.8. The van der Waals surface area contributed by atoms with Crippen molar-refractivity contribution in [1.29, 1.82) is 0 Å². The van der Waals surface area contributed by atoms with Gasteiger partial charge in [-0.2, -0.15) is 0 Å². The molecule has 1 aliphatic rings. The second-order valence-corrected chi connectivity index (χ2v) is 8.88. The van der Waals surface area contributed by atoms with Gasteiger partial charge in [0.15, 0.2) is 0 Å². The van der Waals surface area contributed by atoms with Gasteiger partial charge < -0.3 is 30.8 Å². The third-order valence-corrected chi connectivity index (χ3v) is 6.39. The molecule has 5 rings (SSSR count). The molecule has 2 aromatic carbocycles. The summed E-state index contributed by atoms with van der Waals surface area (Å²) in [4.78, 5) is 40.5. The number of H-pyrrole nitrogens is 2. The van der Waals surface area contributed by atoms with Gasteiger partial charge in [-0.05, 0) is 49.9 Å². The van der Waals surface area contributed by atoms with E-state index in [0.29, 0.717) is 40.1 Å². The van der Waals surface area contributed by atoms with Crippen molar-refractivity contribution in [3.8, 4) is 11.4 Å². The predicted octanol–water partition coefficient (Wildman–Crippen LogP) is 3.14. The summed E-state index contributed by atoms with van der Waals surface area (Å²) in [5, 5.41) is 3.54. The Balaban J connectivity index is 1.52. The van der Waals surface area contributed by atoms with E-state index in [9.17, 15) is 9.59 Å². The van der Waals surface area contributed by atoms with E-state index in [-0.39, 0.29) is 11.5 Å². The van der Waals surface area contributed by atoms with Gasteiger partial charge in [0.2, 0.25) is 5.91 Å². The van der Waals surface area contributed by atoms with Crippen molar-refractivity contribution in [2.24, 2.45) is 0 Å². The lowest BCUT2D eigenvalue weighted by atomic mass is 10.1. The zero-order valence-corrected chi connectivity index (χ0v) is 19.4. The number of rotatable bonds is 5. The summed E-state index contributed by atoms with van der Waals surface area (Å²) in [6.45, 7) is 5.94. The minimum atomic E-state index is -0.314. The van der Waals surface area contributed by atoms with Crippen molar-refractivity contribution >= 4 is 44.9 Å². The number of fused-ring (bicyclic) bond motifs is 2. The number of nitrogen functional groups attached to an aromatic ring is 1. The average Bonchev–Trinajstić information content (AvgIpc) is 3.23. The number of amides is 1. The number of likely N-dealkylation sites (N-methyl/N-ethyl adjacent to an activating group) is 1. The van der Waals surface area contributed by atoms with Crippen LogP contribution >= 0.6 is 0 Å². The molecule has 1 aliphatic heterocycles. The van der Waals surface area contributed by atoms with Gasteiger partial charge in [0.1, 0.15) is 11.4 Å². The van der Waals surface area contributed by atoms with Crippen molar-refractivity contribution in [3.63, 3.8) is 0 Å². The fraction of sp³-hybridized carbons (Fsp3) is 0.320. The SMILES string of the molecule is CCCC(=O)Nc1ccc2[nH]c(=O)c(-c3nc4ccc(N5CCN(C)CC5)cc4[nH]3)c(N)c2c1. The van der Waals surface area contributed by atoms with Crippen LogP contribution in [0.3, 0.4) is 0 Å². The van der Waals surface area contributed by atoms with Gasteiger partial charge in [0.25, 0.3) is 5.56 Å². The van der Waals surface area contributed by atoms with Crippen LogP contribution in [0.2, 0.25) is 0 Å². The van der Waals surface area contributed by atoms with Crippen molar-refractivity contribution < 1.29 is 4.79 Å². The number of nitrogens with two attached hydrogens (primary N) is 1.